The molecule has 0 N–H and O–H groups in total. The van der Waals surface area contributed by atoms with Crippen molar-refractivity contribution in [2.45, 2.75) is 19.3 Å². The summed E-state index contributed by atoms with van der Waals surface area (Å²) in [7, 11) is -0.603. The Hall–Kier alpha value is -5.94. The largest absolute Gasteiger partial charge is 0.0772 e. The topological polar surface area (TPSA) is 0 Å². The molecule has 1 atom stereocenters. The fraction of sp³-hybridized carbons (Fsp3) is 0.0588. The molecule has 1 aliphatic carbocycles. The van der Waals surface area contributed by atoms with Crippen molar-refractivity contribution in [3.8, 4) is 38.7 Å². The van der Waals surface area contributed by atoms with Crippen molar-refractivity contribution in [3.63, 3.8) is 0 Å². The average molecular weight is 679 g/mol. The van der Waals surface area contributed by atoms with Gasteiger partial charge in [0.1, 0.15) is 0 Å². The second-order valence-corrected chi connectivity index (χ2v) is 17.0. The SMILES string of the molecule is CC1(C)c2ccccc2-c2c1cc(-c1c3ccccc3c(-c3ccc4c(c3)c3ccccc3p4-c3ccccc3)c3ccccc13)c1ccccc21. The molecule has 0 aliphatic heterocycles. The van der Waals surface area contributed by atoms with E-state index in [1.165, 1.54) is 103 Å². The Balaban J connectivity index is 1.23. The number of hydrogen-bond acceptors (Lipinski definition) is 0. The summed E-state index contributed by atoms with van der Waals surface area (Å²) in [6.07, 6.45) is 0. The van der Waals surface area contributed by atoms with Crippen LogP contribution in [0, 0.1) is 0 Å². The van der Waals surface area contributed by atoms with Crippen LogP contribution >= 0.6 is 7.53 Å². The van der Waals surface area contributed by atoms with E-state index in [0.717, 1.165) is 0 Å². The Morgan fingerprint density at radius 3 is 1.56 bits per heavy atom. The van der Waals surface area contributed by atoms with Crippen LogP contribution in [0.1, 0.15) is 25.0 Å². The van der Waals surface area contributed by atoms with Crippen molar-refractivity contribution in [2.24, 2.45) is 0 Å². The molecular weight excluding hydrogens is 644 g/mol. The van der Waals surface area contributed by atoms with Crippen LogP contribution in [0.15, 0.2) is 176 Å². The van der Waals surface area contributed by atoms with Crippen molar-refractivity contribution in [2.75, 3.05) is 0 Å². The Morgan fingerprint density at radius 1 is 0.346 bits per heavy atom. The Bertz CT molecular complexity index is 3030. The minimum Gasteiger partial charge on any atom is -0.0772 e. The van der Waals surface area contributed by atoms with Crippen LogP contribution in [-0.2, 0) is 5.41 Å². The molecule has 1 heterocycles. The van der Waals surface area contributed by atoms with Gasteiger partial charge >= 0.3 is 0 Å². The Kier molecular flexibility index (Phi) is 6.31. The van der Waals surface area contributed by atoms with Crippen molar-refractivity contribution < 1.29 is 0 Å². The van der Waals surface area contributed by atoms with Gasteiger partial charge in [0, 0.05) is 15.7 Å². The van der Waals surface area contributed by atoms with Gasteiger partial charge in [-0.1, -0.05) is 179 Å². The van der Waals surface area contributed by atoms with Crippen LogP contribution in [0.5, 0.6) is 0 Å². The molecule has 1 aliphatic rings. The molecule has 0 spiro atoms. The van der Waals surface area contributed by atoms with Gasteiger partial charge in [0.15, 0.2) is 0 Å². The third-order valence-corrected chi connectivity index (χ3v) is 14.3. The van der Waals surface area contributed by atoms with Gasteiger partial charge in [-0.25, -0.2) is 0 Å². The fourth-order valence-corrected chi connectivity index (χ4v) is 12.1. The molecule has 1 aromatic heterocycles. The summed E-state index contributed by atoms with van der Waals surface area (Å²) in [6.45, 7) is 4.79. The number of fused-ring (bicyclic) bond motifs is 10. The quantitative estimate of drug-likeness (QED) is 0.163. The van der Waals surface area contributed by atoms with Gasteiger partial charge in [0.05, 0.1) is 0 Å². The Morgan fingerprint density at radius 2 is 0.865 bits per heavy atom. The minimum absolute atomic E-state index is 0.101. The molecule has 0 amide bonds. The lowest BCUT2D eigenvalue weighted by Crippen LogP contribution is -2.15. The highest BCUT2D eigenvalue weighted by Crippen LogP contribution is 2.57. The summed E-state index contributed by atoms with van der Waals surface area (Å²) in [5.41, 5.74) is 10.7. The zero-order valence-corrected chi connectivity index (χ0v) is 30.1. The molecule has 11 rings (SSSR count). The molecule has 0 saturated heterocycles. The van der Waals surface area contributed by atoms with E-state index in [-0.39, 0.29) is 5.41 Å². The first kappa shape index (κ1) is 29.8. The fourth-order valence-electron chi connectivity index (χ4n) is 9.47. The normalized spacial score (nSPS) is 13.7. The number of rotatable bonds is 3. The van der Waals surface area contributed by atoms with Crippen molar-refractivity contribution in [1.82, 2.24) is 0 Å². The first-order valence-electron chi connectivity index (χ1n) is 18.3. The van der Waals surface area contributed by atoms with Crippen LogP contribution in [0.3, 0.4) is 0 Å². The molecule has 10 aromatic rings. The second-order valence-electron chi connectivity index (χ2n) is 14.8. The molecule has 244 valence electrons. The summed E-state index contributed by atoms with van der Waals surface area (Å²) >= 11 is 0. The first-order chi connectivity index (χ1) is 25.6. The van der Waals surface area contributed by atoms with Gasteiger partial charge in [0.2, 0.25) is 0 Å². The molecule has 0 bridgehead atoms. The highest BCUT2D eigenvalue weighted by Gasteiger charge is 2.37. The van der Waals surface area contributed by atoms with Crippen LogP contribution in [0.4, 0.5) is 0 Å². The summed E-state index contributed by atoms with van der Waals surface area (Å²) < 4.78 is 0. The summed E-state index contributed by atoms with van der Waals surface area (Å²) in [5.74, 6) is 0. The van der Waals surface area contributed by atoms with Crippen LogP contribution in [0.25, 0.3) is 92.0 Å². The van der Waals surface area contributed by atoms with Gasteiger partial charge in [-0.3, -0.25) is 0 Å². The van der Waals surface area contributed by atoms with E-state index in [1.807, 2.05) is 0 Å². The summed E-state index contributed by atoms with van der Waals surface area (Å²) in [5, 5.41) is 14.9. The van der Waals surface area contributed by atoms with E-state index >= 15 is 0 Å². The third-order valence-electron chi connectivity index (χ3n) is 11.8. The molecule has 0 radical (unpaired) electrons. The lowest BCUT2D eigenvalue weighted by atomic mass is 9.79. The highest BCUT2D eigenvalue weighted by atomic mass is 31.1. The van der Waals surface area contributed by atoms with Crippen LogP contribution in [0.2, 0.25) is 0 Å². The van der Waals surface area contributed by atoms with E-state index in [2.05, 4.69) is 190 Å². The lowest BCUT2D eigenvalue weighted by Gasteiger charge is -2.24. The molecule has 1 heteroatoms. The molecule has 9 aromatic carbocycles. The van der Waals surface area contributed by atoms with Crippen LogP contribution in [-0.4, -0.2) is 0 Å². The summed E-state index contributed by atoms with van der Waals surface area (Å²) in [4.78, 5) is 0. The molecule has 0 nitrogen and oxygen atoms in total. The predicted molar refractivity (Wildman–Crippen MR) is 226 cm³/mol. The molecule has 1 unspecified atom stereocenters. The Labute approximate surface area is 304 Å². The van der Waals surface area contributed by atoms with E-state index in [4.69, 9.17) is 0 Å². The van der Waals surface area contributed by atoms with Gasteiger partial charge in [-0.15, -0.1) is 0 Å². The van der Waals surface area contributed by atoms with Crippen molar-refractivity contribution in [1.29, 1.82) is 0 Å². The lowest BCUT2D eigenvalue weighted by molar-refractivity contribution is 0.661. The molecule has 52 heavy (non-hydrogen) atoms. The first-order valence-corrected chi connectivity index (χ1v) is 19.6. The van der Waals surface area contributed by atoms with E-state index in [9.17, 15) is 0 Å². The highest BCUT2D eigenvalue weighted by molar-refractivity contribution is 7.67. The molecule has 0 saturated carbocycles. The van der Waals surface area contributed by atoms with Crippen molar-refractivity contribution >= 4 is 60.9 Å². The monoisotopic (exact) mass is 678 g/mol. The predicted octanol–water partition coefficient (Wildman–Crippen LogP) is 15.1. The summed E-state index contributed by atoms with van der Waals surface area (Å²) in [6, 6.07) is 66.3. The minimum atomic E-state index is -0.603. The maximum Gasteiger partial charge on any atom is 0.0159 e. The van der Waals surface area contributed by atoms with Gasteiger partial charge in [0.25, 0.3) is 0 Å². The maximum atomic E-state index is 2.53. The standard InChI is InChI=1S/C51H35P/c1-51(2)44-26-14-12-25-41(44)50-36-20-7-6-18-34(36)43(31-45(50)51)49-39-23-10-8-21-37(39)48(38-22-9-11-24-40(38)49)32-28-29-47-42(30-32)35-19-13-15-27-46(35)52(47)33-16-4-3-5-17-33/h3-31H,1-2H3. The van der Waals surface area contributed by atoms with E-state index in [0.29, 0.717) is 0 Å². The third kappa shape index (κ3) is 4.05. The molecular formula is C51H35P. The second kappa shape index (κ2) is 11.0. The van der Waals surface area contributed by atoms with Gasteiger partial charge in [-0.2, -0.15) is 0 Å². The maximum absolute atomic E-state index is 2.53. The van der Waals surface area contributed by atoms with Gasteiger partial charge < -0.3 is 0 Å². The zero-order valence-electron chi connectivity index (χ0n) is 29.2. The van der Waals surface area contributed by atoms with Crippen molar-refractivity contribution in [3.05, 3.63) is 187 Å². The smallest absolute Gasteiger partial charge is 0.0159 e. The zero-order chi connectivity index (χ0) is 34.6. The molecule has 0 fully saturated rings. The van der Waals surface area contributed by atoms with Crippen LogP contribution < -0.4 is 0 Å². The van der Waals surface area contributed by atoms with E-state index < -0.39 is 7.53 Å². The number of benzene rings is 9. The average Bonchev–Trinajstić information content (AvgIpc) is 3.65. The van der Waals surface area contributed by atoms with Gasteiger partial charge in [-0.05, 0) is 111 Å². The number of hydrogen-bond donors (Lipinski definition) is 0. The van der Waals surface area contributed by atoms with E-state index in [1.54, 1.807) is 0 Å².